The first kappa shape index (κ1) is 16.4. The number of hydrogen-bond donors (Lipinski definition) is 0. The normalized spacial score (nSPS) is 12.8. The van der Waals surface area contributed by atoms with Gasteiger partial charge in [-0.2, -0.15) is 0 Å². The molecule has 0 aliphatic carbocycles. The van der Waals surface area contributed by atoms with E-state index in [1.165, 1.54) is 28.8 Å². The van der Waals surface area contributed by atoms with Gasteiger partial charge in [-0.1, -0.05) is 87.5 Å². The van der Waals surface area contributed by atoms with Crippen LogP contribution in [0.4, 0.5) is 4.39 Å². The Morgan fingerprint density at radius 2 is 1.08 bits per heavy atom. The largest absolute Gasteiger partial charge is 0.207 e. The predicted molar refractivity (Wildman–Crippen MR) is 98.9 cm³/mol. The molecule has 0 heterocycles. The highest BCUT2D eigenvalue weighted by Gasteiger charge is 2.18. The summed E-state index contributed by atoms with van der Waals surface area (Å²) in [7, 11) is 0. The SMILES string of the molecule is CC(C)(C)c1ccc(C(c2ccccc2)c2ccc(F)cc2)cc1. The average molecular weight is 318 g/mol. The second-order valence-corrected chi connectivity index (χ2v) is 7.27. The molecule has 0 N–H and O–H groups in total. The molecule has 1 unspecified atom stereocenters. The van der Waals surface area contributed by atoms with Crippen molar-refractivity contribution in [3.05, 3.63) is 107 Å². The molecular formula is C23H23F. The summed E-state index contributed by atoms with van der Waals surface area (Å²) in [5.74, 6) is -0.0885. The zero-order valence-corrected chi connectivity index (χ0v) is 14.5. The lowest BCUT2D eigenvalue weighted by Gasteiger charge is -2.22. The molecule has 3 aromatic rings. The molecule has 0 amide bonds. The van der Waals surface area contributed by atoms with Crippen molar-refractivity contribution >= 4 is 0 Å². The lowest BCUT2D eigenvalue weighted by atomic mass is 9.82. The fourth-order valence-electron chi connectivity index (χ4n) is 3.05. The van der Waals surface area contributed by atoms with Crippen LogP contribution < -0.4 is 0 Å². The van der Waals surface area contributed by atoms with Crippen LogP contribution in [0.25, 0.3) is 0 Å². The van der Waals surface area contributed by atoms with E-state index in [9.17, 15) is 4.39 Å². The summed E-state index contributed by atoms with van der Waals surface area (Å²) >= 11 is 0. The zero-order chi connectivity index (χ0) is 17.2. The van der Waals surface area contributed by atoms with Crippen LogP contribution in [0.1, 0.15) is 48.9 Å². The summed E-state index contributed by atoms with van der Waals surface area (Å²) in [6, 6.07) is 26.0. The summed E-state index contributed by atoms with van der Waals surface area (Å²) in [6.45, 7) is 6.66. The molecular weight excluding hydrogens is 295 g/mol. The predicted octanol–water partition coefficient (Wildman–Crippen LogP) is 6.30. The summed E-state index contributed by atoms with van der Waals surface area (Å²) in [4.78, 5) is 0. The van der Waals surface area contributed by atoms with Crippen LogP contribution in [-0.4, -0.2) is 0 Å². The van der Waals surface area contributed by atoms with Gasteiger partial charge in [0.25, 0.3) is 0 Å². The Bertz CT molecular complexity index is 778. The van der Waals surface area contributed by atoms with Crippen LogP contribution in [0.5, 0.6) is 0 Å². The van der Waals surface area contributed by atoms with Crippen LogP contribution in [-0.2, 0) is 5.41 Å². The van der Waals surface area contributed by atoms with Crippen molar-refractivity contribution in [1.29, 1.82) is 0 Å². The molecule has 0 saturated heterocycles. The van der Waals surface area contributed by atoms with Crippen molar-refractivity contribution in [3.63, 3.8) is 0 Å². The maximum Gasteiger partial charge on any atom is 0.123 e. The third-order valence-electron chi connectivity index (χ3n) is 4.45. The van der Waals surface area contributed by atoms with Gasteiger partial charge in [0.1, 0.15) is 5.82 Å². The molecule has 24 heavy (non-hydrogen) atoms. The van der Waals surface area contributed by atoms with Gasteiger partial charge < -0.3 is 0 Å². The summed E-state index contributed by atoms with van der Waals surface area (Å²) in [5, 5.41) is 0. The Kier molecular flexibility index (Phi) is 4.53. The molecule has 122 valence electrons. The van der Waals surface area contributed by atoms with E-state index in [1.807, 2.05) is 18.2 Å². The van der Waals surface area contributed by atoms with Gasteiger partial charge in [-0.05, 0) is 39.8 Å². The standard InChI is InChI=1S/C23H23F/c1-23(2,3)20-13-9-18(10-14-20)22(17-7-5-4-6-8-17)19-11-15-21(24)16-12-19/h4-16,22H,1-3H3. The Morgan fingerprint density at radius 1 is 0.625 bits per heavy atom. The summed E-state index contributed by atoms with van der Waals surface area (Å²) < 4.78 is 13.3. The van der Waals surface area contributed by atoms with E-state index < -0.39 is 0 Å². The van der Waals surface area contributed by atoms with E-state index in [-0.39, 0.29) is 17.2 Å². The van der Waals surface area contributed by atoms with Gasteiger partial charge in [-0.25, -0.2) is 4.39 Å². The van der Waals surface area contributed by atoms with E-state index in [2.05, 4.69) is 69.3 Å². The first-order valence-corrected chi connectivity index (χ1v) is 8.36. The molecule has 3 aromatic carbocycles. The second-order valence-electron chi connectivity index (χ2n) is 7.27. The topological polar surface area (TPSA) is 0 Å². The van der Waals surface area contributed by atoms with Gasteiger partial charge in [0.05, 0.1) is 0 Å². The fraction of sp³-hybridized carbons (Fsp3) is 0.217. The van der Waals surface area contributed by atoms with Crippen molar-refractivity contribution in [2.24, 2.45) is 0 Å². The van der Waals surface area contributed by atoms with Crippen molar-refractivity contribution in [3.8, 4) is 0 Å². The van der Waals surface area contributed by atoms with Crippen LogP contribution in [0.3, 0.4) is 0 Å². The van der Waals surface area contributed by atoms with Crippen LogP contribution in [0, 0.1) is 5.82 Å². The highest BCUT2D eigenvalue weighted by molar-refractivity contribution is 5.44. The lowest BCUT2D eigenvalue weighted by molar-refractivity contribution is 0.590. The van der Waals surface area contributed by atoms with Crippen LogP contribution in [0.15, 0.2) is 78.9 Å². The number of hydrogen-bond acceptors (Lipinski definition) is 0. The van der Waals surface area contributed by atoms with E-state index in [0.29, 0.717) is 0 Å². The quantitative estimate of drug-likeness (QED) is 0.497. The third-order valence-corrected chi connectivity index (χ3v) is 4.45. The minimum Gasteiger partial charge on any atom is -0.207 e. The highest BCUT2D eigenvalue weighted by Crippen LogP contribution is 2.33. The molecule has 0 spiro atoms. The van der Waals surface area contributed by atoms with E-state index >= 15 is 0 Å². The first-order valence-electron chi connectivity index (χ1n) is 8.36. The van der Waals surface area contributed by atoms with Gasteiger partial charge in [0.2, 0.25) is 0 Å². The van der Waals surface area contributed by atoms with Gasteiger partial charge >= 0.3 is 0 Å². The Labute approximate surface area is 144 Å². The first-order chi connectivity index (χ1) is 11.4. The summed E-state index contributed by atoms with van der Waals surface area (Å²) in [5.41, 5.74) is 4.99. The third kappa shape index (κ3) is 3.56. The molecule has 0 aliphatic rings. The molecule has 1 heteroatoms. The molecule has 0 saturated carbocycles. The van der Waals surface area contributed by atoms with Crippen LogP contribution >= 0.6 is 0 Å². The van der Waals surface area contributed by atoms with Crippen molar-refractivity contribution in [2.75, 3.05) is 0 Å². The van der Waals surface area contributed by atoms with Gasteiger partial charge in [-0.3, -0.25) is 0 Å². The second kappa shape index (κ2) is 6.60. The molecule has 0 aliphatic heterocycles. The monoisotopic (exact) mass is 318 g/mol. The molecule has 0 aromatic heterocycles. The van der Waals surface area contributed by atoms with E-state index in [1.54, 1.807) is 0 Å². The summed E-state index contributed by atoms with van der Waals surface area (Å²) in [6.07, 6.45) is 0. The number of benzene rings is 3. The molecule has 0 fully saturated rings. The average Bonchev–Trinajstić information content (AvgIpc) is 2.58. The van der Waals surface area contributed by atoms with Gasteiger partial charge in [0.15, 0.2) is 0 Å². The molecule has 3 rings (SSSR count). The minimum absolute atomic E-state index is 0.112. The van der Waals surface area contributed by atoms with Gasteiger partial charge in [-0.15, -0.1) is 0 Å². The Morgan fingerprint density at radius 3 is 1.58 bits per heavy atom. The van der Waals surface area contributed by atoms with Crippen molar-refractivity contribution in [1.82, 2.24) is 0 Å². The van der Waals surface area contributed by atoms with Crippen LogP contribution in [0.2, 0.25) is 0 Å². The fourth-order valence-corrected chi connectivity index (χ4v) is 3.05. The Hall–Kier alpha value is -2.41. The molecule has 0 nitrogen and oxygen atoms in total. The number of rotatable bonds is 3. The minimum atomic E-state index is -0.200. The maximum absolute atomic E-state index is 13.3. The Balaban J connectivity index is 2.06. The zero-order valence-electron chi connectivity index (χ0n) is 14.5. The molecule has 1 atom stereocenters. The van der Waals surface area contributed by atoms with E-state index in [0.717, 1.165) is 5.56 Å². The molecule has 0 radical (unpaired) electrons. The number of halogens is 1. The smallest absolute Gasteiger partial charge is 0.123 e. The van der Waals surface area contributed by atoms with E-state index in [4.69, 9.17) is 0 Å². The maximum atomic E-state index is 13.3. The van der Waals surface area contributed by atoms with Crippen molar-refractivity contribution in [2.45, 2.75) is 32.1 Å². The van der Waals surface area contributed by atoms with Crippen molar-refractivity contribution < 1.29 is 4.39 Å². The highest BCUT2D eigenvalue weighted by atomic mass is 19.1. The van der Waals surface area contributed by atoms with Gasteiger partial charge in [0, 0.05) is 5.92 Å². The lowest BCUT2D eigenvalue weighted by Crippen LogP contribution is -2.11. The molecule has 0 bridgehead atoms.